The van der Waals surface area contributed by atoms with E-state index in [1.807, 2.05) is 24.3 Å². The average molecular weight is 272 g/mol. The zero-order valence-corrected chi connectivity index (χ0v) is 10.8. The van der Waals surface area contributed by atoms with Gasteiger partial charge in [0.05, 0.1) is 4.92 Å². The number of para-hydroxylation sites is 1. The summed E-state index contributed by atoms with van der Waals surface area (Å²) in [6.07, 6.45) is 2.00. The molecule has 3 rings (SSSR count). The van der Waals surface area contributed by atoms with E-state index < -0.39 is 10.8 Å². The van der Waals surface area contributed by atoms with Crippen molar-refractivity contribution in [2.75, 3.05) is 11.4 Å². The maximum atomic E-state index is 12.5. The van der Waals surface area contributed by atoms with Crippen molar-refractivity contribution in [3.05, 3.63) is 51.8 Å². The van der Waals surface area contributed by atoms with E-state index in [9.17, 15) is 14.9 Å². The zero-order valence-electron chi connectivity index (χ0n) is 10.8. The highest BCUT2D eigenvalue weighted by Gasteiger charge is 2.32. The lowest BCUT2D eigenvalue weighted by molar-refractivity contribution is -0.385. The number of aryl methyl sites for hydroxylation is 1. The number of nitro groups is 1. The summed E-state index contributed by atoms with van der Waals surface area (Å²) in [4.78, 5) is 24.4. The minimum atomic E-state index is -0.581. The molecule has 0 saturated carbocycles. The van der Waals surface area contributed by atoms with Crippen LogP contribution in [0.5, 0.6) is 0 Å². The monoisotopic (exact) mass is 272 g/mol. The summed E-state index contributed by atoms with van der Waals surface area (Å²) >= 11 is 0. The first-order chi connectivity index (χ1) is 9.58. The average Bonchev–Trinajstić information content (AvgIpc) is 3.01. The molecule has 1 amide bonds. The number of amides is 1. The van der Waals surface area contributed by atoms with Crippen molar-refractivity contribution in [1.82, 2.24) is 9.78 Å². The quantitative estimate of drug-likeness (QED) is 0.613. The fraction of sp³-hybridized carbons (Fsp3) is 0.231. The molecule has 1 aliphatic rings. The van der Waals surface area contributed by atoms with Gasteiger partial charge in [-0.2, -0.15) is 5.10 Å². The van der Waals surface area contributed by atoms with Crippen LogP contribution in [-0.4, -0.2) is 27.2 Å². The van der Waals surface area contributed by atoms with Crippen LogP contribution in [0.15, 0.2) is 30.5 Å². The predicted molar refractivity (Wildman–Crippen MR) is 71.7 cm³/mol. The summed E-state index contributed by atoms with van der Waals surface area (Å²) in [7, 11) is 1.56. The molecule has 20 heavy (non-hydrogen) atoms. The van der Waals surface area contributed by atoms with Crippen molar-refractivity contribution in [3.63, 3.8) is 0 Å². The van der Waals surface area contributed by atoms with Gasteiger partial charge < -0.3 is 4.90 Å². The lowest BCUT2D eigenvalue weighted by Crippen LogP contribution is -2.29. The summed E-state index contributed by atoms with van der Waals surface area (Å²) in [6.45, 7) is 0.520. The number of hydrogen-bond acceptors (Lipinski definition) is 4. The van der Waals surface area contributed by atoms with Gasteiger partial charge in [-0.15, -0.1) is 0 Å². The van der Waals surface area contributed by atoms with Gasteiger partial charge in [-0.1, -0.05) is 18.2 Å². The molecule has 7 heteroatoms. The van der Waals surface area contributed by atoms with E-state index in [4.69, 9.17) is 0 Å². The van der Waals surface area contributed by atoms with E-state index in [1.165, 1.54) is 10.9 Å². The molecule has 0 unspecified atom stereocenters. The molecule has 0 aliphatic carbocycles. The third kappa shape index (κ3) is 1.83. The minimum Gasteiger partial charge on any atom is -0.306 e. The Morgan fingerprint density at radius 1 is 1.40 bits per heavy atom. The van der Waals surface area contributed by atoms with Gasteiger partial charge in [-0.05, 0) is 18.1 Å². The van der Waals surface area contributed by atoms with Crippen molar-refractivity contribution in [3.8, 4) is 0 Å². The fourth-order valence-corrected chi connectivity index (χ4v) is 2.44. The lowest BCUT2D eigenvalue weighted by atomic mass is 10.2. The molecule has 102 valence electrons. The maximum absolute atomic E-state index is 12.5. The smallest absolute Gasteiger partial charge is 0.306 e. The van der Waals surface area contributed by atoms with E-state index in [-0.39, 0.29) is 11.4 Å². The Morgan fingerprint density at radius 2 is 2.15 bits per heavy atom. The standard InChI is InChI=1S/C13H12N4O3/c1-15-8-11(17(19)20)12(14-15)13(18)16-7-6-9-4-2-3-5-10(9)16/h2-5,8H,6-7H2,1H3. The van der Waals surface area contributed by atoms with Crippen molar-refractivity contribution in [1.29, 1.82) is 0 Å². The summed E-state index contributed by atoms with van der Waals surface area (Å²) in [5.74, 6) is -0.428. The van der Waals surface area contributed by atoms with Crippen molar-refractivity contribution >= 4 is 17.3 Å². The van der Waals surface area contributed by atoms with Gasteiger partial charge in [0.15, 0.2) is 0 Å². The molecule has 0 N–H and O–H groups in total. The third-order valence-corrected chi connectivity index (χ3v) is 3.34. The highest BCUT2D eigenvalue weighted by molar-refractivity contribution is 6.08. The maximum Gasteiger partial charge on any atom is 0.320 e. The van der Waals surface area contributed by atoms with Crippen molar-refractivity contribution in [2.45, 2.75) is 6.42 Å². The van der Waals surface area contributed by atoms with Crippen molar-refractivity contribution < 1.29 is 9.72 Å². The Hall–Kier alpha value is -2.70. The Balaban J connectivity index is 2.01. The largest absolute Gasteiger partial charge is 0.320 e. The van der Waals surface area contributed by atoms with Crippen LogP contribution >= 0.6 is 0 Å². The molecule has 7 nitrogen and oxygen atoms in total. The van der Waals surface area contributed by atoms with Gasteiger partial charge in [0.2, 0.25) is 5.69 Å². The molecule has 0 atom stereocenters. The number of hydrogen-bond donors (Lipinski definition) is 0. The van der Waals surface area contributed by atoms with Crippen LogP contribution in [0, 0.1) is 10.1 Å². The zero-order chi connectivity index (χ0) is 14.3. The van der Waals surface area contributed by atoms with Gasteiger partial charge in [0.1, 0.15) is 6.20 Å². The second-order valence-electron chi connectivity index (χ2n) is 4.63. The molecular formula is C13H12N4O3. The number of benzene rings is 1. The predicted octanol–water partition coefficient (Wildman–Crippen LogP) is 1.53. The Morgan fingerprint density at radius 3 is 2.90 bits per heavy atom. The van der Waals surface area contributed by atoms with E-state index >= 15 is 0 Å². The number of nitrogens with zero attached hydrogens (tertiary/aromatic N) is 4. The number of carbonyl (C=O) groups excluding carboxylic acids is 1. The molecule has 0 spiro atoms. The molecule has 0 radical (unpaired) electrons. The lowest BCUT2D eigenvalue weighted by Gasteiger charge is -2.15. The molecule has 1 aromatic heterocycles. The van der Waals surface area contributed by atoms with Crippen LogP contribution in [0.25, 0.3) is 0 Å². The Bertz CT molecular complexity index is 707. The van der Waals surface area contributed by atoms with E-state index in [2.05, 4.69) is 5.10 Å². The van der Waals surface area contributed by atoms with Gasteiger partial charge in [-0.25, -0.2) is 0 Å². The minimum absolute atomic E-state index is 0.116. The first-order valence-corrected chi connectivity index (χ1v) is 6.15. The molecular weight excluding hydrogens is 260 g/mol. The van der Waals surface area contributed by atoms with E-state index in [0.717, 1.165) is 17.7 Å². The Kier molecular flexibility index (Phi) is 2.74. The summed E-state index contributed by atoms with van der Waals surface area (Å²) < 4.78 is 1.29. The number of anilines is 1. The first kappa shape index (κ1) is 12.3. The van der Waals surface area contributed by atoms with Crippen LogP contribution in [0.4, 0.5) is 11.4 Å². The van der Waals surface area contributed by atoms with Gasteiger partial charge in [0.25, 0.3) is 5.91 Å². The summed E-state index contributed by atoms with van der Waals surface area (Å²) in [5.41, 5.74) is 1.49. The SMILES string of the molecule is Cn1cc([N+](=O)[O-])c(C(=O)N2CCc3ccccc32)n1. The van der Waals surface area contributed by atoms with Gasteiger partial charge >= 0.3 is 5.69 Å². The van der Waals surface area contributed by atoms with Crippen LogP contribution in [0.2, 0.25) is 0 Å². The van der Waals surface area contributed by atoms with E-state index in [1.54, 1.807) is 11.9 Å². The molecule has 0 fully saturated rings. The highest BCUT2D eigenvalue weighted by Crippen LogP contribution is 2.30. The number of carbonyl (C=O) groups is 1. The first-order valence-electron chi connectivity index (χ1n) is 6.15. The summed E-state index contributed by atoms with van der Waals surface area (Å²) in [5, 5.41) is 14.9. The number of rotatable bonds is 2. The second-order valence-corrected chi connectivity index (χ2v) is 4.63. The van der Waals surface area contributed by atoms with Crippen LogP contribution in [-0.2, 0) is 13.5 Å². The normalized spacial score (nSPS) is 13.3. The van der Waals surface area contributed by atoms with Crippen molar-refractivity contribution in [2.24, 2.45) is 7.05 Å². The molecule has 2 aromatic rings. The van der Waals surface area contributed by atoms with Crippen LogP contribution < -0.4 is 4.90 Å². The number of fused-ring (bicyclic) bond motifs is 1. The molecule has 0 bridgehead atoms. The molecule has 2 heterocycles. The summed E-state index contributed by atoms with van der Waals surface area (Å²) in [6, 6.07) is 7.55. The number of aromatic nitrogens is 2. The Labute approximate surface area is 114 Å². The molecule has 1 aliphatic heterocycles. The molecule has 0 saturated heterocycles. The fourth-order valence-electron chi connectivity index (χ4n) is 2.44. The molecule has 1 aromatic carbocycles. The van der Waals surface area contributed by atoms with Gasteiger partial charge in [-0.3, -0.25) is 19.6 Å². The third-order valence-electron chi connectivity index (χ3n) is 3.34. The topological polar surface area (TPSA) is 81.3 Å². The van der Waals surface area contributed by atoms with Crippen LogP contribution in [0.1, 0.15) is 16.1 Å². The van der Waals surface area contributed by atoms with E-state index in [0.29, 0.717) is 6.54 Å². The second kappa shape index (κ2) is 4.44. The highest BCUT2D eigenvalue weighted by atomic mass is 16.6. The van der Waals surface area contributed by atoms with Gasteiger partial charge in [0, 0.05) is 19.3 Å². The van der Waals surface area contributed by atoms with Crippen LogP contribution in [0.3, 0.4) is 0 Å².